The Balaban J connectivity index is 1.34. The molecule has 1 N–H and O–H groups in total. The van der Waals surface area contributed by atoms with E-state index in [1.165, 1.54) is 0 Å². The number of aromatic amines is 1. The standard InChI is InChI=1S/C21H17N7O/c29-21-16-10-13(17-8-9-22-25-17)4-5-14(16)11-27(21)19-3-1-2-18(24-19)20-26-23-12-28(20)15-6-7-15/h1-5,8-10,12,15H,6-7,11H2,(H,22,25). The number of nitrogens with one attached hydrogen (secondary N) is 1. The molecule has 0 unspecified atom stereocenters. The summed E-state index contributed by atoms with van der Waals surface area (Å²) >= 11 is 0. The van der Waals surface area contributed by atoms with Crippen molar-refractivity contribution in [1.82, 2.24) is 29.9 Å². The molecule has 0 atom stereocenters. The Morgan fingerprint density at radius 3 is 2.86 bits per heavy atom. The van der Waals surface area contributed by atoms with Gasteiger partial charge in [0.2, 0.25) is 0 Å². The van der Waals surface area contributed by atoms with Crippen molar-refractivity contribution in [3.8, 4) is 22.8 Å². The number of anilines is 1. The molecule has 2 aliphatic rings. The van der Waals surface area contributed by atoms with Gasteiger partial charge in [-0.3, -0.25) is 14.8 Å². The van der Waals surface area contributed by atoms with Crippen LogP contribution in [0.2, 0.25) is 0 Å². The van der Waals surface area contributed by atoms with Crippen LogP contribution in [0.15, 0.2) is 55.0 Å². The molecule has 1 saturated carbocycles. The molecule has 4 aromatic rings. The van der Waals surface area contributed by atoms with Gasteiger partial charge >= 0.3 is 0 Å². The molecule has 4 heterocycles. The first-order valence-electron chi connectivity index (χ1n) is 9.59. The Morgan fingerprint density at radius 1 is 1.10 bits per heavy atom. The highest BCUT2D eigenvalue weighted by Crippen LogP contribution is 2.37. The number of amides is 1. The predicted octanol–water partition coefficient (Wildman–Crippen LogP) is 3.23. The fourth-order valence-corrected chi connectivity index (χ4v) is 3.81. The lowest BCUT2D eigenvalue weighted by molar-refractivity contribution is 0.0996. The van der Waals surface area contributed by atoms with Crippen LogP contribution < -0.4 is 4.90 Å². The minimum absolute atomic E-state index is 0.0466. The maximum Gasteiger partial charge on any atom is 0.260 e. The van der Waals surface area contributed by atoms with Crippen molar-refractivity contribution >= 4 is 11.7 Å². The van der Waals surface area contributed by atoms with E-state index >= 15 is 0 Å². The van der Waals surface area contributed by atoms with Gasteiger partial charge in [-0.15, -0.1) is 10.2 Å². The molecule has 0 radical (unpaired) electrons. The number of aromatic nitrogens is 6. The monoisotopic (exact) mass is 383 g/mol. The topological polar surface area (TPSA) is 92.6 Å². The van der Waals surface area contributed by atoms with E-state index in [0.717, 1.165) is 41.2 Å². The number of fused-ring (bicyclic) bond motifs is 1. The van der Waals surface area contributed by atoms with Crippen LogP contribution in [0.1, 0.15) is 34.8 Å². The first-order valence-corrected chi connectivity index (χ1v) is 9.59. The number of hydrogen-bond acceptors (Lipinski definition) is 5. The summed E-state index contributed by atoms with van der Waals surface area (Å²) in [6.45, 7) is 0.503. The lowest BCUT2D eigenvalue weighted by Gasteiger charge is -2.15. The maximum atomic E-state index is 13.1. The molecule has 1 aliphatic heterocycles. The van der Waals surface area contributed by atoms with Gasteiger partial charge in [0.1, 0.15) is 17.8 Å². The third-order valence-corrected chi connectivity index (χ3v) is 5.48. The van der Waals surface area contributed by atoms with Crippen LogP contribution in [0, 0.1) is 0 Å². The third kappa shape index (κ3) is 2.64. The van der Waals surface area contributed by atoms with E-state index in [1.807, 2.05) is 42.5 Å². The summed E-state index contributed by atoms with van der Waals surface area (Å²) in [6.07, 6.45) is 5.74. The fourth-order valence-electron chi connectivity index (χ4n) is 3.81. The fraction of sp³-hybridized carbons (Fsp3) is 0.190. The molecule has 142 valence electrons. The van der Waals surface area contributed by atoms with Crippen molar-refractivity contribution in [3.05, 3.63) is 66.1 Å². The molecule has 0 spiro atoms. The van der Waals surface area contributed by atoms with Gasteiger partial charge in [0.15, 0.2) is 5.82 Å². The number of carbonyl (C=O) groups is 1. The smallest absolute Gasteiger partial charge is 0.260 e. The van der Waals surface area contributed by atoms with Crippen LogP contribution >= 0.6 is 0 Å². The van der Waals surface area contributed by atoms with Crippen LogP contribution in [0.3, 0.4) is 0 Å². The lowest BCUT2D eigenvalue weighted by Crippen LogP contribution is -2.24. The number of rotatable bonds is 4. The van der Waals surface area contributed by atoms with Crippen LogP contribution in [0.4, 0.5) is 5.82 Å². The Morgan fingerprint density at radius 2 is 2.03 bits per heavy atom. The number of benzene rings is 1. The van der Waals surface area contributed by atoms with Crippen LogP contribution in [-0.2, 0) is 6.54 Å². The van der Waals surface area contributed by atoms with E-state index in [4.69, 9.17) is 4.98 Å². The quantitative estimate of drug-likeness (QED) is 0.584. The van der Waals surface area contributed by atoms with Gasteiger partial charge in [-0.25, -0.2) is 4.98 Å². The molecule has 1 amide bonds. The molecule has 0 saturated heterocycles. The summed E-state index contributed by atoms with van der Waals surface area (Å²) in [5.74, 6) is 1.33. The Kier molecular flexibility index (Phi) is 3.40. The molecule has 8 heteroatoms. The van der Waals surface area contributed by atoms with Crippen LogP contribution in [0.5, 0.6) is 0 Å². The zero-order chi connectivity index (χ0) is 19.4. The normalized spacial score (nSPS) is 15.7. The van der Waals surface area contributed by atoms with E-state index in [9.17, 15) is 4.79 Å². The Labute approximate surface area is 166 Å². The zero-order valence-corrected chi connectivity index (χ0v) is 15.5. The molecule has 6 rings (SSSR count). The summed E-state index contributed by atoms with van der Waals surface area (Å²) in [5.41, 5.74) is 4.25. The molecule has 8 nitrogen and oxygen atoms in total. The van der Waals surface area contributed by atoms with E-state index in [1.54, 1.807) is 17.4 Å². The van der Waals surface area contributed by atoms with Gasteiger partial charge in [-0.1, -0.05) is 18.2 Å². The van der Waals surface area contributed by atoms with Crippen molar-refractivity contribution in [2.24, 2.45) is 0 Å². The number of pyridine rings is 1. The summed E-state index contributed by atoms with van der Waals surface area (Å²) in [6, 6.07) is 14.0. The molecule has 3 aromatic heterocycles. The number of carbonyl (C=O) groups excluding carboxylic acids is 1. The average molecular weight is 383 g/mol. The van der Waals surface area contributed by atoms with Crippen molar-refractivity contribution in [2.75, 3.05) is 4.90 Å². The summed E-state index contributed by atoms with van der Waals surface area (Å²) in [7, 11) is 0. The third-order valence-electron chi connectivity index (χ3n) is 5.48. The maximum absolute atomic E-state index is 13.1. The number of hydrogen-bond donors (Lipinski definition) is 1. The van der Waals surface area contributed by atoms with Gasteiger partial charge in [-0.05, 0) is 42.7 Å². The van der Waals surface area contributed by atoms with Crippen molar-refractivity contribution < 1.29 is 4.79 Å². The number of nitrogens with zero attached hydrogens (tertiary/aromatic N) is 6. The van der Waals surface area contributed by atoms with E-state index in [-0.39, 0.29) is 5.91 Å². The summed E-state index contributed by atoms with van der Waals surface area (Å²) < 4.78 is 2.07. The van der Waals surface area contributed by atoms with Crippen LogP contribution in [-0.4, -0.2) is 35.9 Å². The van der Waals surface area contributed by atoms with Crippen molar-refractivity contribution in [3.63, 3.8) is 0 Å². The minimum Gasteiger partial charge on any atom is -0.309 e. The van der Waals surface area contributed by atoms with Crippen LogP contribution in [0.25, 0.3) is 22.8 Å². The second-order valence-electron chi connectivity index (χ2n) is 7.41. The highest BCUT2D eigenvalue weighted by molar-refractivity contribution is 6.10. The minimum atomic E-state index is -0.0466. The highest BCUT2D eigenvalue weighted by atomic mass is 16.2. The zero-order valence-electron chi connectivity index (χ0n) is 15.5. The van der Waals surface area contributed by atoms with Gasteiger partial charge in [0.05, 0.1) is 12.2 Å². The second kappa shape index (κ2) is 6.10. The first kappa shape index (κ1) is 16.2. The van der Waals surface area contributed by atoms with Gasteiger partial charge in [-0.2, -0.15) is 5.10 Å². The Hall–Kier alpha value is -3.81. The largest absolute Gasteiger partial charge is 0.309 e. The highest BCUT2D eigenvalue weighted by Gasteiger charge is 2.31. The molecule has 1 fully saturated rings. The van der Waals surface area contributed by atoms with E-state index in [2.05, 4.69) is 25.0 Å². The summed E-state index contributed by atoms with van der Waals surface area (Å²) in [4.78, 5) is 19.6. The molecular formula is C21H17N7O. The van der Waals surface area contributed by atoms with Gasteiger partial charge in [0.25, 0.3) is 5.91 Å². The SMILES string of the molecule is O=C1c2cc(-c3ccn[nH]3)ccc2CN1c1cccc(-c2nncn2C2CC2)n1. The van der Waals surface area contributed by atoms with E-state index < -0.39 is 0 Å². The Bertz CT molecular complexity index is 1220. The number of H-pyrrole nitrogens is 1. The van der Waals surface area contributed by atoms with Gasteiger partial charge in [0, 0.05) is 23.4 Å². The summed E-state index contributed by atoms with van der Waals surface area (Å²) in [5, 5.41) is 15.2. The first-order chi connectivity index (χ1) is 14.3. The second-order valence-corrected chi connectivity index (χ2v) is 7.41. The molecule has 1 aliphatic carbocycles. The van der Waals surface area contributed by atoms with E-state index in [0.29, 0.717) is 24.0 Å². The predicted molar refractivity (Wildman–Crippen MR) is 106 cm³/mol. The lowest BCUT2D eigenvalue weighted by atomic mass is 10.0. The van der Waals surface area contributed by atoms with Crippen molar-refractivity contribution in [2.45, 2.75) is 25.4 Å². The average Bonchev–Trinajstić information content (AvgIpc) is 3.16. The molecule has 1 aromatic carbocycles. The molecule has 0 bridgehead atoms. The van der Waals surface area contributed by atoms with Crippen molar-refractivity contribution in [1.29, 1.82) is 0 Å². The molecule has 29 heavy (non-hydrogen) atoms. The van der Waals surface area contributed by atoms with Gasteiger partial charge < -0.3 is 4.57 Å². The molecular weight excluding hydrogens is 366 g/mol.